The van der Waals surface area contributed by atoms with Gasteiger partial charge in [-0.2, -0.15) is 17.9 Å². The molecule has 1 N–H and O–H groups in total. The molecule has 3 rings (SSSR count). The molecule has 0 aliphatic rings. The monoisotopic (exact) mass is 365 g/mol. The zero-order valence-electron chi connectivity index (χ0n) is 13.7. The van der Waals surface area contributed by atoms with Gasteiger partial charge in [-0.3, -0.25) is 0 Å². The third-order valence-corrected chi connectivity index (χ3v) is 3.89. The van der Waals surface area contributed by atoms with Crippen LogP contribution in [-0.4, -0.2) is 20.2 Å². The summed E-state index contributed by atoms with van der Waals surface area (Å²) in [6.45, 7) is 2.12. The van der Waals surface area contributed by atoms with E-state index in [0.717, 1.165) is 17.7 Å². The Bertz CT molecular complexity index is 873. The van der Waals surface area contributed by atoms with Crippen LogP contribution >= 0.6 is 0 Å². The van der Waals surface area contributed by atoms with Crippen molar-refractivity contribution < 1.29 is 17.6 Å². The van der Waals surface area contributed by atoms with Crippen molar-refractivity contribution in [1.29, 1.82) is 0 Å². The lowest BCUT2D eigenvalue weighted by atomic mass is 10.1. The van der Waals surface area contributed by atoms with Gasteiger partial charge in [0.2, 0.25) is 0 Å². The summed E-state index contributed by atoms with van der Waals surface area (Å²) < 4.78 is 52.6. The molecule has 0 radical (unpaired) electrons. The van der Waals surface area contributed by atoms with Crippen molar-refractivity contribution >= 4 is 0 Å². The SMILES string of the molecule is C[C@H](NCc1nnnn1-c1ccc(C(F)(F)F)cc1)c1cccc(F)c1. The maximum Gasteiger partial charge on any atom is 0.416 e. The number of nitrogens with zero attached hydrogens (tertiary/aromatic N) is 4. The molecular weight excluding hydrogens is 350 g/mol. The number of halogens is 4. The first-order chi connectivity index (χ1) is 12.3. The van der Waals surface area contributed by atoms with E-state index in [4.69, 9.17) is 0 Å². The second-order valence-electron chi connectivity index (χ2n) is 5.71. The van der Waals surface area contributed by atoms with Crippen LogP contribution in [0.5, 0.6) is 0 Å². The highest BCUT2D eigenvalue weighted by atomic mass is 19.4. The zero-order valence-corrected chi connectivity index (χ0v) is 13.7. The van der Waals surface area contributed by atoms with E-state index in [2.05, 4.69) is 20.8 Å². The molecule has 1 aromatic heterocycles. The Labute approximate surface area is 146 Å². The summed E-state index contributed by atoms with van der Waals surface area (Å²) >= 11 is 0. The first kappa shape index (κ1) is 18.0. The van der Waals surface area contributed by atoms with E-state index in [9.17, 15) is 17.6 Å². The molecule has 1 atom stereocenters. The van der Waals surface area contributed by atoms with Gasteiger partial charge in [0.15, 0.2) is 5.82 Å². The Morgan fingerprint density at radius 3 is 2.50 bits per heavy atom. The molecule has 0 unspecified atom stereocenters. The highest BCUT2D eigenvalue weighted by molar-refractivity contribution is 5.35. The summed E-state index contributed by atoms with van der Waals surface area (Å²) in [6.07, 6.45) is -4.40. The summed E-state index contributed by atoms with van der Waals surface area (Å²) in [6, 6.07) is 10.6. The summed E-state index contributed by atoms with van der Waals surface area (Å²) in [5, 5.41) is 14.4. The van der Waals surface area contributed by atoms with Crippen LogP contribution in [0.4, 0.5) is 17.6 Å². The maximum absolute atomic E-state index is 13.3. The number of tetrazole rings is 1. The van der Waals surface area contributed by atoms with Crippen LogP contribution in [0.2, 0.25) is 0 Å². The molecule has 0 aliphatic heterocycles. The van der Waals surface area contributed by atoms with E-state index in [1.807, 2.05) is 6.92 Å². The standard InChI is InChI=1S/C17H15F4N5/c1-11(12-3-2-4-14(18)9-12)22-10-16-23-24-25-26(16)15-7-5-13(6-8-15)17(19,20)21/h2-9,11,22H,10H2,1H3/t11-/m0/s1. The Morgan fingerprint density at radius 1 is 1.12 bits per heavy atom. The number of nitrogens with one attached hydrogen (secondary N) is 1. The number of aromatic nitrogens is 4. The van der Waals surface area contributed by atoms with E-state index >= 15 is 0 Å². The topological polar surface area (TPSA) is 55.6 Å². The van der Waals surface area contributed by atoms with E-state index < -0.39 is 11.7 Å². The Hall–Kier alpha value is -2.81. The van der Waals surface area contributed by atoms with Gasteiger partial charge in [0.25, 0.3) is 0 Å². The van der Waals surface area contributed by atoms with Gasteiger partial charge in [-0.1, -0.05) is 12.1 Å². The second-order valence-corrected chi connectivity index (χ2v) is 5.71. The Balaban J connectivity index is 1.72. The molecule has 0 bridgehead atoms. The van der Waals surface area contributed by atoms with Gasteiger partial charge in [-0.15, -0.1) is 5.10 Å². The normalized spacial score (nSPS) is 13.0. The van der Waals surface area contributed by atoms with Crippen LogP contribution in [0.25, 0.3) is 5.69 Å². The number of alkyl halides is 3. The molecule has 0 saturated heterocycles. The molecule has 0 spiro atoms. The molecule has 0 amide bonds. The number of hydrogen-bond donors (Lipinski definition) is 1. The van der Waals surface area contributed by atoms with Gasteiger partial charge in [0.1, 0.15) is 5.82 Å². The van der Waals surface area contributed by atoms with Crippen LogP contribution in [0.3, 0.4) is 0 Å². The highest BCUT2D eigenvalue weighted by Gasteiger charge is 2.30. The molecule has 0 fully saturated rings. The molecular formula is C17H15F4N5. The van der Waals surface area contributed by atoms with Gasteiger partial charge >= 0.3 is 6.18 Å². The van der Waals surface area contributed by atoms with Crippen molar-refractivity contribution in [2.75, 3.05) is 0 Å². The number of rotatable bonds is 5. The van der Waals surface area contributed by atoms with Crippen LogP contribution in [0.15, 0.2) is 48.5 Å². The fourth-order valence-corrected chi connectivity index (χ4v) is 2.45. The predicted molar refractivity (Wildman–Crippen MR) is 85.8 cm³/mol. The minimum atomic E-state index is -4.40. The van der Waals surface area contributed by atoms with Crippen molar-refractivity contribution in [2.24, 2.45) is 0 Å². The number of benzene rings is 2. The van der Waals surface area contributed by atoms with E-state index in [0.29, 0.717) is 11.5 Å². The van der Waals surface area contributed by atoms with Crippen LogP contribution in [0.1, 0.15) is 29.9 Å². The van der Waals surface area contributed by atoms with Crippen molar-refractivity contribution in [2.45, 2.75) is 25.7 Å². The molecule has 0 saturated carbocycles. The summed E-state index contributed by atoms with van der Waals surface area (Å²) in [5.74, 6) is 0.0961. The fourth-order valence-electron chi connectivity index (χ4n) is 2.45. The van der Waals surface area contributed by atoms with E-state index in [-0.39, 0.29) is 18.4 Å². The molecule has 5 nitrogen and oxygen atoms in total. The Morgan fingerprint density at radius 2 is 1.85 bits per heavy atom. The fraction of sp³-hybridized carbons (Fsp3) is 0.235. The quantitative estimate of drug-likeness (QED) is 0.701. The lowest BCUT2D eigenvalue weighted by Gasteiger charge is -2.14. The summed E-state index contributed by atoms with van der Waals surface area (Å²) in [7, 11) is 0. The van der Waals surface area contributed by atoms with Gasteiger partial charge in [0, 0.05) is 6.04 Å². The molecule has 9 heteroatoms. The average Bonchev–Trinajstić information content (AvgIpc) is 3.07. The largest absolute Gasteiger partial charge is 0.416 e. The molecule has 3 aromatic rings. The van der Waals surface area contributed by atoms with E-state index in [1.54, 1.807) is 12.1 Å². The van der Waals surface area contributed by atoms with Crippen molar-refractivity contribution in [3.63, 3.8) is 0 Å². The molecule has 2 aromatic carbocycles. The van der Waals surface area contributed by atoms with Crippen molar-refractivity contribution in [1.82, 2.24) is 25.5 Å². The summed E-state index contributed by atoms with van der Waals surface area (Å²) in [4.78, 5) is 0. The third kappa shape index (κ3) is 4.05. The average molecular weight is 365 g/mol. The van der Waals surface area contributed by atoms with Gasteiger partial charge in [-0.25, -0.2) is 4.39 Å². The Kier molecular flexibility index (Phi) is 4.99. The van der Waals surface area contributed by atoms with Gasteiger partial charge in [0.05, 0.1) is 17.8 Å². The van der Waals surface area contributed by atoms with Crippen molar-refractivity contribution in [3.05, 3.63) is 71.3 Å². The number of hydrogen-bond acceptors (Lipinski definition) is 4. The van der Waals surface area contributed by atoms with Gasteiger partial charge < -0.3 is 5.32 Å². The lowest BCUT2D eigenvalue weighted by molar-refractivity contribution is -0.137. The minimum absolute atomic E-state index is 0.163. The highest BCUT2D eigenvalue weighted by Crippen LogP contribution is 2.29. The summed E-state index contributed by atoms with van der Waals surface area (Å²) in [5.41, 5.74) is 0.436. The molecule has 26 heavy (non-hydrogen) atoms. The minimum Gasteiger partial charge on any atom is -0.303 e. The smallest absolute Gasteiger partial charge is 0.303 e. The molecule has 136 valence electrons. The maximum atomic E-state index is 13.3. The van der Waals surface area contributed by atoms with Crippen LogP contribution in [0, 0.1) is 5.82 Å². The first-order valence-electron chi connectivity index (χ1n) is 7.78. The predicted octanol–water partition coefficient (Wildman–Crippen LogP) is 3.67. The third-order valence-electron chi connectivity index (χ3n) is 3.89. The second kappa shape index (κ2) is 7.20. The van der Waals surface area contributed by atoms with Crippen LogP contribution in [-0.2, 0) is 12.7 Å². The lowest BCUT2D eigenvalue weighted by Crippen LogP contribution is -2.21. The van der Waals surface area contributed by atoms with Crippen LogP contribution < -0.4 is 5.32 Å². The zero-order chi connectivity index (χ0) is 18.7. The molecule has 1 heterocycles. The first-order valence-corrected chi connectivity index (χ1v) is 7.78. The molecule has 0 aliphatic carbocycles. The van der Waals surface area contributed by atoms with Gasteiger partial charge in [-0.05, 0) is 59.3 Å². The van der Waals surface area contributed by atoms with E-state index in [1.165, 1.54) is 28.9 Å². The van der Waals surface area contributed by atoms with Crippen molar-refractivity contribution in [3.8, 4) is 5.69 Å².